The van der Waals surface area contributed by atoms with Crippen LogP contribution in [0.3, 0.4) is 0 Å². The van der Waals surface area contributed by atoms with Crippen molar-refractivity contribution in [3.63, 3.8) is 0 Å². The van der Waals surface area contributed by atoms with Crippen molar-refractivity contribution in [2.75, 3.05) is 11.9 Å². The summed E-state index contributed by atoms with van der Waals surface area (Å²) in [4.78, 5) is 26.8. The Morgan fingerprint density at radius 2 is 2.04 bits per heavy atom. The molecule has 27 heavy (non-hydrogen) atoms. The lowest BCUT2D eigenvalue weighted by atomic mass is 10.1. The van der Waals surface area contributed by atoms with E-state index in [9.17, 15) is 14.7 Å². The number of hydrogen-bond donors (Lipinski definition) is 2. The highest BCUT2D eigenvalue weighted by Gasteiger charge is 2.32. The molecule has 1 heterocycles. The van der Waals surface area contributed by atoms with Gasteiger partial charge < -0.3 is 10.4 Å². The normalized spacial score (nSPS) is 15.4. The molecule has 2 N–H and O–H groups in total. The van der Waals surface area contributed by atoms with Crippen molar-refractivity contribution in [1.82, 2.24) is 4.90 Å². The summed E-state index contributed by atoms with van der Waals surface area (Å²) in [6, 6.07) is 14.1. The topological polar surface area (TPSA) is 69.6 Å². The molecule has 0 unspecified atom stereocenters. The first-order valence-electron chi connectivity index (χ1n) is 8.34. The maximum atomic E-state index is 12.6. The molecule has 7 heteroatoms. The van der Waals surface area contributed by atoms with Crippen LogP contribution in [0.5, 0.6) is 5.75 Å². The van der Waals surface area contributed by atoms with Gasteiger partial charge in [-0.1, -0.05) is 54.3 Å². The second-order valence-corrected chi connectivity index (χ2v) is 7.71. The molecule has 0 bridgehead atoms. The van der Waals surface area contributed by atoms with Crippen LogP contribution in [0.4, 0.5) is 5.69 Å². The quantitative estimate of drug-likeness (QED) is 0.590. The highest BCUT2D eigenvalue weighted by Crippen LogP contribution is 2.33. The van der Waals surface area contributed by atoms with Crippen LogP contribution in [-0.2, 0) is 9.59 Å². The van der Waals surface area contributed by atoms with Crippen molar-refractivity contribution in [1.29, 1.82) is 0 Å². The smallest absolute Gasteiger partial charge is 0.266 e. The largest absolute Gasteiger partial charge is 0.508 e. The van der Waals surface area contributed by atoms with Crippen molar-refractivity contribution in [3.8, 4) is 5.75 Å². The molecule has 0 spiro atoms. The number of nitrogens with zero attached hydrogens (tertiary/aromatic N) is 1. The zero-order chi connectivity index (χ0) is 19.4. The van der Waals surface area contributed by atoms with Gasteiger partial charge in [-0.05, 0) is 36.3 Å². The molecule has 1 aliphatic rings. The first-order chi connectivity index (χ1) is 12.9. The Kier molecular flexibility index (Phi) is 5.93. The van der Waals surface area contributed by atoms with Crippen LogP contribution in [0, 0.1) is 6.92 Å². The first kappa shape index (κ1) is 19.1. The van der Waals surface area contributed by atoms with Crippen LogP contribution in [0.25, 0.3) is 6.08 Å². The molecule has 138 valence electrons. The van der Waals surface area contributed by atoms with Gasteiger partial charge in [0.15, 0.2) is 0 Å². The fraction of sp³-hybridized carbons (Fsp3) is 0.150. The lowest BCUT2D eigenvalue weighted by Crippen LogP contribution is -2.31. The number of thiocarbonyl (C=S) groups is 1. The number of thioether (sulfide) groups is 1. The van der Waals surface area contributed by atoms with Gasteiger partial charge in [0.1, 0.15) is 10.1 Å². The number of carbonyl (C=O) groups excluding carboxylic acids is 2. The molecule has 1 saturated heterocycles. The molecule has 0 saturated carbocycles. The summed E-state index contributed by atoms with van der Waals surface area (Å²) >= 11 is 6.55. The molecule has 0 radical (unpaired) electrons. The second kappa shape index (κ2) is 8.37. The number of phenolic OH excluding ortho intramolecular Hbond substituents is 1. The molecule has 1 aliphatic heterocycles. The highest BCUT2D eigenvalue weighted by atomic mass is 32.2. The Labute approximate surface area is 167 Å². The number of aryl methyl sites for hydroxylation is 1. The number of carbonyl (C=O) groups is 2. The van der Waals surface area contributed by atoms with Gasteiger partial charge >= 0.3 is 0 Å². The molecule has 5 nitrogen and oxygen atoms in total. The number of anilines is 1. The number of aromatic hydroxyl groups is 1. The minimum atomic E-state index is -0.252. The molecular formula is C20H18N2O3S2. The van der Waals surface area contributed by atoms with Crippen LogP contribution in [0.15, 0.2) is 53.4 Å². The van der Waals surface area contributed by atoms with E-state index in [1.165, 1.54) is 28.8 Å². The Morgan fingerprint density at radius 1 is 1.26 bits per heavy atom. The molecule has 2 amide bonds. The van der Waals surface area contributed by atoms with Crippen molar-refractivity contribution >= 4 is 51.9 Å². The van der Waals surface area contributed by atoms with Crippen LogP contribution in [-0.4, -0.2) is 32.7 Å². The molecule has 2 aromatic rings. The lowest BCUT2D eigenvalue weighted by molar-refractivity contribution is -0.122. The predicted molar refractivity (Wildman–Crippen MR) is 112 cm³/mol. The van der Waals surface area contributed by atoms with Crippen LogP contribution in [0.1, 0.15) is 17.5 Å². The van der Waals surface area contributed by atoms with E-state index in [-0.39, 0.29) is 30.5 Å². The third kappa shape index (κ3) is 4.75. The summed E-state index contributed by atoms with van der Waals surface area (Å²) in [6.07, 6.45) is 1.95. The van der Waals surface area contributed by atoms with E-state index in [0.717, 1.165) is 11.1 Å². The summed E-state index contributed by atoms with van der Waals surface area (Å²) in [7, 11) is 0. The van der Waals surface area contributed by atoms with Gasteiger partial charge in [-0.15, -0.1) is 0 Å². The number of nitrogens with one attached hydrogen (secondary N) is 1. The third-order valence-corrected chi connectivity index (χ3v) is 5.42. The van der Waals surface area contributed by atoms with E-state index in [1.807, 2.05) is 37.3 Å². The fourth-order valence-corrected chi connectivity index (χ4v) is 3.90. The van der Waals surface area contributed by atoms with Gasteiger partial charge in [0, 0.05) is 24.7 Å². The van der Waals surface area contributed by atoms with Gasteiger partial charge in [-0.2, -0.15) is 0 Å². The lowest BCUT2D eigenvalue weighted by Gasteiger charge is -2.14. The van der Waals surface area contributed by atoms with E-state index in [2.05, 4.69) is 5.32 Å². The van der Waals surface area contributed by atoms with Crippen LogP contribution < -0.4 is 5.32 Å². The monoisotopic (exact) mass is 398 g/mol. The predicted octanol–water partition coefficient (Wildman–Crippen LogP) is 3.93. The number of benzene rings is 2. The minimum Gasteiger partial charge on any atom is -0.508 e. The third-order valence-electron chi connectivity index (χ3n) is 4.04. The second-order valence-electron chi connectivity index (χ2n) is 6.04. The summed E-state index contributed by atoms with van der Waals surface area (Å²) in [6.45, 7) is 2.19. The summed E-state index contributed by atoms with van der Waals surface area (Å²) in [5, 5.41) is 12.1. The Morgan fingerprint density at radius 3 is 2.78 bits per heavy atom. The fourth-order valence-electron chi connectivity index (χ4n) is 2.60. The maximum absolute atomic E-state index is 12.6. The van der Waals surface area contributed by atoms with E-state index in [1.54, 1.807) is 12.1 Å². The van der Waals surface area contributed by atoms with E-state index >= 15 is 0 Å². The Balaban J connectivity index is 1.62. The first-order valence-corrected chi connectivity index (χ1v) is 9.56. The van der Waals surface area contributed by atoms with E-state index < -0.39 is 0 Å². The number of hydrogen-bond acceptors (Lipinski definition) is 5. The number of phenols is 1. The molecule has 2 aromatic carbocycles. The molecular weight excluding hydrogens is 380 g/mol. The summed E-state index contributed by atoms with van der Waals surface area (Å²) in [5.74, 6) is -0.359. The zero-order valence-corrected chi connectivity index (χ0v) is 16.3. The van der Waals surface area contributed by atoms with Gasteiger partial charge in [-0.3, -0.25) is 14.5 Å². The van der Waals surface area contributed by atoms with E-state index in [4.69, 9.17) is 12.2 Å². The van der Waals surface area contributed by atoms with Crippen LogP contribution in [0.2, 0.25) is 0 Å². The summed E-state index contributed by atoms with van der Waals surface area (Å²) < 4.78 is 0.449. The maximum Gasteiger partial charge on any atom is 0.266 e. The van der Waals surface area contributed by atoms with Gasteiger partial charge in [0.05, 0.1) is 4.91 Å². The minimum absolute atomic E-state index is 0.0751. The Hall–Kier alpha value is -2.64. The van der Waals surface area contributed by atoms with Gasteiger partial charge in [0.25, 0.3) is 5.91 Å². The molecule has 0 aliphatic carbocycles. The summed E-state index contributed by atoms with van der Waals surface area (Å²) in [5.41, 5.74) is 2.55. The average Bonchev–Trinajstić information content (AvgIpc) is 2.88. The molecule has 1 fully saturated rings. The molecule has 0 aromatic heterocycles. The van der Waals surface area contributed by atoms with Gasteiger partial charge in [0.2, 0.25) is 5.91 Å². The molecule has 3 rings (SSSR count). The molecule has 0 atom stereocenters. The van der Waals surface area contributed by atoms with Crippen molar-refractivity contribution in [2.24, 2.45) is 0 Å². The number of amides is 2. The van der Waals surface area contributed by atoms with Crippen LogP contribution >= 0.6 is 24.0 Å². The van der Waals surface area contributed by atoms with E-state index in [0.29, 0.717) is 14.9 Å². The van der Waals surface area contributed by atoms with Gasteiger partial charge in [-0.25, -0.2) is 0 Å². The Bertz CT molecular complexity index is 940. The number of rotatable bonds is 5. The average molecular weight is 399 g/mol. The standard InChI is InChI=1S/C20H18N2O3S2/c1-13-5-2-3-6-14(13)11-17-19(25)22(20(26)27-17)10-9-18(24)21-15-7-4-8-16(23)12-15/h2-8,11-12,23H,9-10H2,1H3,(H,21,24)/b17-11-. The van der Waals surface area contributed by atoms with Crippen molar-refractivity contribution < 1.29 is 14.7 Å². The zero-order valence-electron chi connectivity index (χ0n) is 14.6. The van der Waals surface area contributed by atoms with Crippen molar-refractivity contribution in [3.05, 3.63) is 64.6 Å². The SMILES string of the molecule is Cc1ccccc1/C=C1\SC(=S)N(CCC(=O)Nc2cccc(O)c2)C1=O. The van der Waals surface area contributed by atoms with Crippen molar-refractivity contribution in [2.45, 2.75) is 13.3 Å². The highest BCUT2D eigenvalue weighted by molar-refractivity contribution is 8.26.